The number of rotatable bonds is 6. The molecule has 0 radical (unpaired) electrons. The third-order valence-corrected chi connectivity index (χ3v) is 3.95. The van der Waals surface area contributed by atoms with Crippen LogP contribution in [0, 0.1) is 25.2 Å². The fourth-order valence-electron chi connectivity index (χ4n) is 1.78. The van der Waals surface area contributed by atoms with E-state index >= 15 is 0 Å². The average Bonchev–Trinajstić information content (AvgIpc) is 2.38. The second kappa shape index (κ2) is 8.65. The van der Waals surface area contributed by atoms with E-state index in [1.54, 1.807) is 11.5 Å². The summed E-state index contributed by atoms with van der Waals surface area (Å²) in [5, 5.41) is 9.32. The molecule has 0 saturated heterocycles. The third-order valence-electron chi connectivity index (χ3n) is 2.54. The maximum absolute atomic E-state index is 11.3. The van der Waals surface area contributed by atoms with Crippen LogP contribution >= 0.6 is 11.8 Å². The van der Waals surface area contributed by atoms with Gasteiger partial charge in [0, 0.05) is 16.9 Å². The van der Waals surface area contributed by atoms with E-state index in [0.717, 1.165) is 11.1 Å². The van der Waals surface area contributed by atoms with Crippen molar-refractivity contribution in [3.8, 4) is 6.07 Å². The Morgan fingerprint density at radius 2 is 2.05 bits per heavy atom. The number of hydrogen-bond acceptors (Lipinski definition) is 5. The zero-order chi connectivity index (χ0) is 15.8. The second-order valence-electron chi connectivity index (χ2n) is 4.45. The molecule has 0 aliphatic carbocycles. The fourth-order valence-corrected chi connectivity index (χ4v) is 2.92. The number of ether oxygens (including phenoxy) is 1. The fraction of sp³-hybridized carbons (Fsp3) is 0.400. The van der Waals surface area contributed by atoms with Crippen molar-refractivity contribution in [3.05, 3.63) is 33.8 Å². The molecule has 6 heteroatoms. The van der Waals surface area contributed by atoms with Crippen LogP contribution in [-0.4, -0.2) is 18.3 Å². The van der Waals surface area contributed by atoms with Crippen molar-refractivity contribution < 1.29 is 14.1 Å². The van der Waals surface area contributed by atoms with Crippen molar-refractivity contribution in [2.45, 2.75) is 27.2 Å². The van der Waals surface area contributed by atoms with Gasteiger partial charge in [-0.2, -0.15) is 9.83 Å². The first-order valence-corrected chi connectivity index (χ1v) is 7.97. The molecular formula is C15H18N2O2S2. The van der Waals surface area contributed by atoms with Crippen LogP contribution in [-0.2, 0) is 22.2 Å². The SMILES string of the molecule is CCOC(=O)CCSC([S-])=C(C#N)[n+]1cc(C)cc(C)c1. The summed E-state index contributed by atoms with van der Waals surface area (Å²) in [5.74, 6) is 0.263. The zero-order valence-corrected chi connectivity index (χ0v) is 14.0. The Labute approximate surface area is 135 Å². The summed E-state index contributed by atoms with van der Waals surface area (Å²) in [7, 11) is 0. The van der Waals surface area contributed by atoms with Gasteiger partial charge in [-0.1, -0.05) is 4.24 Å². The number of allylic oxidation sites excluding steroid dienone is 1. The minimum Gasteiger partial charge on any atom is -0.766 e. The molecule has 0 fully saturated rings. The Hall–Kier alpha value is -1.58. The van der Waals surface area contributed by atoms with E-state index in [9.17, 15) is 10.1 Å². The molecule has 1 aromatic heterocycles. The highest BCUT2D eigenvalue weighted by atomic mass is 32.2. The highest BCUT2D eigenvalue weighted by molar-refractivity contribution is 8.11. The highest BCUT2D eigenvalue weighted by Crippen LogP contribution is 2.19. The molecule has 0 bridgehead atoms. The molecule has 0 amide bonds. The second-order valence-corrected chi connectivity index (χ2v) is 6.22. The Morgan fingerprint density at radius 1 is 1.43 bits per heavy atom. The van der Waals surface area contributed by atoms with Gasteiger partial charge in [0.1, 0.15) is 0 Å². The number of thioether (sulfide) groups is 1. The van der Waals surface area contributed by atoms with Crippen molar-refractivity contribution in [1.29, 1.82) is 5.26 Å². The smallest absolute Gasteiger partial charge is 0.306 e. The third kappa shape index (κ3) is 5.74. The number of aromatic nitrogens is 1. The minimum absolute atomic E-state index is 0.245. The van der Waals surface area contributed by atoms with Crippen molar-refractivity contribution in [2.24, 2.45) is 0 Å². The van der Waals surface area contributed by atoms with Crippen LogP contribution in [0.25, 0.3) is 5.70 Å². The maximum Gasteiger partial charge on any atom is 0.306 e. The molecule has 1 heterocycles. The number of nitriles is 1. The van der Waals surface area contributed by atoms with E-state index in [4.69, 9.17) is 17.4 Å². The molecule has 0 spiro atoms. The lowest BCUT2D eigenvalue weighted by atomic mass is 10.2. The van der Waals surface area contributed by atoms with Crippen LogP contribution in [0.15, 0.2) is 22.7 Å². The van der Waals surface area contributed by atoms with Crippen LogP contribution in [0.5, 0.6) is 0 Å². The Bertz CT molecular complexity index is 572. The number of carbonyl (C=O) groups is 1. The molecular weight excluding hydrogens is 304 g/mol. The molecule has 0 N–H and O–H groups in total. The molecule has 1 rings (SSSR count). The normalized spacial score (nSPS) is 11.5. The summed E-state index contributed by atoms with van der Waals surface area (Å²) in [5.41, 5.74) is 2.52. The number of pyridine rings is 1. The van der Waals surface area contributed by atoms with Gasteiger partial charge in [0.2, 0.25) is 0 Å². The van der Waals surface area contributed by atoms with E-state index in [-0.39, 0.29) is 12.4 Å². The Kier molecular flexibility index (Phi) is 7.20. The monoisotopic (exact) mass is 322 g/mol. The summed E-state index contributed by atoms with van der Waals surface area (Å²) < 4.78 is 7.08. The summed E-state index contributed by atoms with van der Waals surface area (Å²) in [6.45, 7) is 6.08. The summed E-state index contributed by atoms with van der Waals surface area (Å²) in [6.07, 6.45) is 4.02. The van der Waals surface area contributed by atoms with Gasteiger partial charge in [0.15, 0.2) is 18.5 Å². The van der Waals surface area contributed by atoms with Gasteiger partial charge >= 0.3 is 5.97 Å². The predicted octanol–water partition coefficient (Wildman–Crippen LogP) is 2.47. The lowest BCUT2D eigenvalue weighted by Gasteiger charge is -2.11. The van der Waals surface area contributed by atoms with E-state index in [1.807, 2.05) is 32.3 Å². The molecule has 0 saturated carbocycles. The quantitative estimate of drug-likeness (QED) is 0.348. The van der Waals surface area contributed by atoms with Gasteiger partial charge < -0.3 is 17.4 Å². The first-order chi connectivity index (χ1) is 9.97. The lowest BCUT2D eigenvalue weighted by molar-refractivity contribution is -0.578. The molecule has 0 aliphatic rings. The van der Waals surface area contributed by atoms with Crippen molar-refractivity contribution in [2.75, 3.05) is 12.4 Å². The Morgan fingerprint density at radius 3 is 2.57 bits per heavy atom. The van der Waals surface area contributed by atoms with E-state index < -0.39 is 0 Å². The molecule has 1 aromatic rings. The number of aryl methyl sites for hydroxylation is 2. The molecule has 0 aliphatic heterocycles. The minimum atomic E-state index is -0.245. The first-order valence-electron chi connectivity index (χ1n) is 6.57. The number of esters is 1. The van der Waals surface area contributed by atoms with Crippen LogP contribution in [0.3, 0.4) is 0 Å². The van der Waals surface area contributed by atoms with Gasteiger partial charge in [-0.25, -0.2) is 0 Å². The lowest BCUT2D eigenvalue weighted by Crippen LogP contribution is -2.32. The maximum atomic E-state index is 11.3. The standard InChI is InChI=1S/C15H18N2O2S2/c1-4-19-14(18)5-6-21-15(20)13(8-16)17-9-11(2)7-12(3)10-17/h7,9-10H,4-6H2,1-3H3. The van der Waals surface area contributed by atoms with Gasteiger partial charge in [-0.15, -0.1) is 11.8 Å². The van der Waals surface area contributed by atoms with Crippen molar-refractivity contribution >= 4 is 36.1 Å². The zero-order valence-electron chi connectivity index (χ0n) is 12.4. The average molecular weight is 322 g/mol. The van der Waals surface area contributed by atoms with Gasteiger partial charge in [-0.05, 0) is 26.8 Å². The molecule has 0 unspecified atom stereocenters. The summed E-state index contributed by atoms with van der Waals surface area (Å²) in [6, 6.07) is 4.17. The van der Waals surface area contributed by atoms with E-state index in [2.05, 4.69) is 6.07 Å². The number of carbonyl (C=O) groups excluding carboxylic acids is 1. The van der Waals surface area contributed by atoms with Crippen LogP contribution in [0.2, 0.25) is 0 Å². The van der Waals surface area contributed by atoms with E-state index in [0.29, 0.717) is 22.3 Å². The summed E-state index contributed by atoms with van der Waals surface area (Å²) >= 11 is 6.61. The number of nitrogens with zero attached hydrogens (tertiary/aromatic N) is 2. The van der Waals surface area contributed by atoms with Gasteiger partial charge in [-0.3, -0.25) is 4.79 Å². The number of hydrogen-bond donors (Lipinski definition) is 0. The predicted molar refractivity (Wildman–Crippen MR) is 86.0 cm³/mol. The van der Waals surface area contributed by atoms with Gasteiger partial charge in [0.05, 0.1) is 13.0 Å². The van der Waals surface area contributed by atoms with Gasteiger partial charge in [0.25, 0.3) is 5.70 Å². The van der Waals surface area contributed by atoms with Crippen molar-refractivity contribution in [3.63, 3.8) is 0 Å². The molecule has 21 heavy (non-hydrogen) atoms. The molecule has 0 aromatic carbocycles. The van der Waals surface area contributed by atoms with Crippen molar-refractivity contribution in [1.82, 2.24) is 0 Å². The first kappa shape index (κ1) is 17.5. The van der Waals surface area contributed by atoms with Crippen LogP contribution < -0.4 is 4.57 Å². The molecule has 4 nitrogen and oxygen atoms in total. The summed E-state index contributed by atoms with van der Waals surface area (Å²) in [4.78, 5) is 11.3. The largest absolute Gasteiger partial charge is 0.766 e. The van der Waals surface area contributed by atoms with Crippen LogP contribution in [0.4, 0.5) is 0 Å². The van der Waals surface area contributed by atoms with Crippen LogP contribution in [0.1, 0.15) is 24.5 Å². The topological polar surface area (TPSA) is 54.0 Å². The molecule has 0 atom stereocenters. The highest BCUT2D eigenvalue weighted by Gasteiger charge is 2.12. The molecule has 112 valence electrons. The Balaban J connectivity index is 2.81. The van der Waals surface area contributed by atoms with E-state index in [1.165, 1.54) is 11.8 Å².